The zero-order valence-electron chi connectivity index (χ0n) is 16.1. The minimum absolute atomic E-state index is 0.102. The molecule has 9 heteroatoms. The Kier molecular flexibility index (Phi) is 6.62. The van der Waals surface area contributed by atoms with Crippen molar-refractivity contribution >= 4 is 23.9 Å². The molecule has 1 heterocycles. The van der Waals surface area contributed by atoms with Gasteiger partial charge in [0.25, 0.3) is 0 Å². The maximum absolute atomic E-state index is 12.3. The zero-order valence-corrected chi connectivity index (χ0v) is 16.1. The highest BCUT2D eigenvalue weighted by Gasteiger charge is 2.49. The Labute approximate surface area is 153 Å². The summed E-state index contributed by atoms with van der Waals surface area (Å²) in [6.07, 6.45) is -0.868. The van der Waals surface area contributed by atoms with Crippen LogP contribution in [0.15, 0.2) is 0 Å². The molecule has 0 radical (unpaired) electrons. The first-order valence-corrected chi connectivity index (χ1v) is 8.43. The first-order chi connectivity index (χ1) is 11.7. The lowest BCUT2D eigenvalue weighted by Gasteiger charge is -2.46. The molecule has 2 amide bonds. The lowest BCUT2D eigenvalue weighted by molar-refractivity contribution is -0.167. The predicted molar refractivity (Wildman–Crippen MR) is 91.4 cm³/mol. The van der Waals surface area contributed by atoms with Crippen molar-refractivity contribution in [3.63, 3.8) is 0 Å². The van der Waals surface area contributed by atoms with Gasteiger partial charge >= 0.3 is 18.0 Å². The Bertz CT molecular complexity index is 535. The van der Waals surface area contributed by atoms with Gasteiger partial charge in [-0.25, -0.2) is 4.79 Å². The summed E-state index contributed by atoms with van der Waals surface area (Å²) in [5.74, 6) is -2.10. The first-order valence-electron chi connectivity index (χ1n) is 8.43. The van der Waals surface area contributed by atoms with Gasteiger partial charge in [0, 0.05) is 6.42 Å². The molecule has 0 saturated carbocycles. The highest BCUT2D eigenvalue weighted by atomic mass is 16.6. The monoisotopic (exact) mass is 372 g/mol. The molecule has 0 aromatic carbocycles. The van der Waals surface area contributed by atoms with Crippen molar-refractivity contribution in [3.8, 4) is 0 Å². The molecule has 0 aromatic rings. The van der Waals surface area contributed by atoms with Crippen molar-refractivity contribution in [2.24, 2.45) is 0 Å². The fourth-order valence-corrected chi connectivity index (χ4v) is 2.50. The number of amides is 2. The molecule has 26 heavy (non-hydrogen) atoms. The second-order valence-electron chi connectivity index (χ2n) is 8.18. The van der Waals surface area contributed by atoms with Crippen molar-refractivity contribution in [3.05, 3.63) is 0 Å². The maximum atomic E-state index is 12.3. The van der Waals surface area contributed by atoms with Gasteiger partial charge in [0.1, 0.15) is 23.8 Å². The zero-order chi connectivity index (χ0) is 20.3. The minimum atomic E-state index is -1.03. The number of carboxylic acids is 1. The minimum Gasteiger partial charge on any atom is -0.481 e. The number of hydrogen-bond donors (Lipinski definition) is 2. The van der Waals surface area contributed by atoms with Crippen LogP contribution in [0.3, 0.4) is 0 Å². The van der Waals surface area contributed by atoms with Crippen LogP contribution < -0.4 is 5.32 Å². The van der Waals surface area contributed by atoms with Gasteiger partial charge in [-0.05, 0) is 48.0 Å². The summed E-state index contributed by atoms with van der Waals surface area (Å²) >= 11 is 0. The van der Waals surface area contributed by atoms with Crippen molar-refractivity contribution in [1.29, 1.82) is 0 Å². The van der Waals surface area contributed by atoms with E-state index >= 15 is 0 Å². The van der Waals surface area contributed by atoms with E-state index in [-0.39, 0.29) is 19.4 Å². The Morgan fingerprint density at radius 2 is 1.62 bits per heavy atom. The SMILES string of the molecule is CC(C)(C)OC(=O)CN1C(=O)C(NC(=O)OC(C)(C)C)C1CCC(=O)O. The molecule has 0 bridgehead atoms. The van der Waals surface area contributed by atoms with E-state index in [1.54, 1.807) is 41.5 Å². The molecule has 1 rings (SSSR count). The third kappa shape index (κ3) is 6.89. The van der Waals surface area contributed by atoms with Crippen LogP contribution in [0.2, 0.25) is 0 Å². The largest absolute Gasteiger partial charge is 0.481 e. The molecule has 0 aliphatic carbocycles. The third-order valence-corrected chi connectivity index (χ3v) is 3.38. The van der Waals surface area contributed by atoms with E-state index in [1.807, 2.05) is 0 Å². The summed E-state index contributed by atoms with van der Waals surface area (Å²) < 4.78 is 10.3. The third-order valence-electron chi connectivity index (χ3n) is 3.38. The van der Waals surface area contributed by atoms with Crippen LogP contribution in [0.25, 0.3) is 0 Å². The fraction of sp³-hybridized carbons (Fsp3) is 0.765. The molecule has 2 atom stereocenters. The van der Waals surface area contributed by atoms with E-state index in [0.29, 0.717) is 0 Å². The van der Waals surface area contributed by atoms with Crippen LogP contribution in [-0.4, -0.2) is 63.8 Å². The van der Waals surface area contributed by atoms with Gasteiger partial charge in [-0.15, -0.1) is 0 Å². The van der Waals surface area contributed by atoms with Gasteiger partial charge < -0.3 is 24.8 Å². The van der Waals surface area contributed by atoms with E-state index in [2.05, 4.69) is 5.32 Å². The molecule has 0 aromatic heterocycles. The molecule has 1 aliphatic rings. The molecule has 9 nitrogen and oxygen atoms in total. The number of carbonyl (C=O) groups is 4. The van der Waals surface area contributed by atoms with Gasteiger partial charge in [-0.3, -0.25) is 14.4 Å². The quantitative estimate of drug-likeness (QED) is 0.532. The number of carbonyl (C=O) groups excluding carboxylic acids is 3. The number of hydrogen-bond acceptors (Lipinski definition) is 6. The number of rotatable bonds is 6. The molecule has 1 saturated heterocycles. The fourth-order valence-electron chi connectivity index (χ4n) is 2.50. The lowest BCUT2D eigenvalue weighted by atomic mass is 9.91. The number of nitrogens with one attached hydrogen (secondary N) is 1. The molecule has 148 valence electrons. The number of likely N-dealkylation sites (tertiary alicyclic amines) is 1. The molecule has 2 unspecified atom stereocenters. The molecular weight excluding hydrogens is 344 g/mol. The van der Waals surface area contributed by atoms with E-state index in [0.717, 1.165) is 0 Å². The van der Waals surface area contributed by atoms with Crippen LogP contribution in [0.1, 0.15) is 54.4 Å². The summed E-state index contributed by atoms with van der Waals surface area (Å²) in [4.78, 5) is 48.3. The number of carboxylic acid groups (broad SMARTS) is 1. The van der Waals surface area contributed by atoms with E-state index in [9.17, 15) is 19.2 Å². The molecule has 0 spiro atoms. The summed E-state index contributed by atoms with van der Waals surface area (Å²) in [5.41, 5.74) is -1.43. The summed E-state index contributed by atoms with van der Waals surface area (Å²) in [5, 5.41) is 11.3. The van der Waals surface area contributed by atoms with Crippen LogP contribution in [0.4, 0.5) is 4.79 Å². The number of ether oxygens (including phenoxy) is 2. The molecule has 1 aliphatic heterocycles. The number of aliphatic carboxylic acids is 1. The van der Waals surface area contributed by atoms with Gasteiger partial charge in [0.2, 0.25) is 5.91 Å². The normalized spacial score (nSPS) is 20.2. The van der Waals surface area contributed by atoms with E-state index < -0.39 is 47.2 Å². The second-order valence-corrected chi connectivity index (χ2v) is 8.18. The van der Waals surface area contributed by atoms with Gasteiger partial charge in [0.05, 0.1) is 6.04 Å². The van der Waals surface area contributed by atoms with Crippen LogP contribution in [0.5, 0.6) is 0 Å². The van der Waals surface area contributed by atoms with E-state index in [1.165, 1.54) is 4.90 Å². The Balaban J connectivity index is 2.76. The second kappa shape index (κ2) is 7.92. The topological polar surface area (TPSA) is 122 Å². The summed E-state index contributed by atoms with van der Waals surface area (Å²) in [7, 11) is 0. The average molecular weight is 372 g/mol. The summed E-state index contributed by atoms with van der Waals surface area (Å²) in [6, 6.07) is -1.54. The first kappa shape index (κ1) is 21.7. The summed E-state index contributed by atoms with van der Waals surface area (Å²) in [6.45, 7) is 9.88. The Hall–Kier alpha value is -2.32. The van der Waals surface area contributed by atoms with Crippen LogP contribution in [-0.2, 0) is 23.9 Å². The van der Waals surface area contributed by atoms with Gasteiger partial charge in [-0.1, -0.05) is 0 Å². The number of esters is 1. The molecule has 1 fully saturated rings. The Morgan fingerprint density at radius 3 is 2.08 bits per heavy atom. The van der Waals surface area contributed by atoms with Crippen molar-refractivity contribution in [2.75, 3.05) is 6.54 Å². The number of nitrogens with zero attached hydrogens (tertiary/aromatic N) is 1. The smallest absolute Gasteiger partial charge is 0.408 e. The van der Waals surface area contributed by atoms with Gasteiger partial charge in [0.15, 0.2) is 0 Å². The molecular formula is C17H28N2O7. The lowest BCUT2D eigenvalue weighted by Crippen LogP contribution is -2.71. The van der Waals surface area contributed by atoms with Crippen molar-refractivity contribution in [2.45, 2.75) is 77.7 Å². The number of β-lactam (4-membered cyclic amide) rings is 1. The molecule has 2 N–H and O–H groups in total. The van der Waals surface area contributed by atoms with Crippen molar-refractivity contribution in [1.82, 2.24) is 10.2 Å². The Morgan fingerprint density at radius 1 is 1.08 bits per heavy atom. The highest BCUT2D eigenvalue weighted by molar-refractivity contribution is 5.94. The van der Waals surface area contributed by atoms with Crippen LogP contribution >= 0.6 is 0 Å². The van der Waals surface area contributed by atoms with Gasteiger partial charge in [-0.2, -0.15) is 0 Å². The van der Waals surface area contributed by atoms with Crippen LogP contribution in [0, 0.1) is 0 Å². The predicted octanol–water partition coefficient (Wildman–Crippen LogP) is 1.30. The maximum Gasteiger partial charge on any atom is 0.408 e. The van der Waals surface area contributed by atoms with E-state index in [4.69, 9.17) is 14.6 Å². The van der Waals surface area contributed by atoms with Crippen molar-refractivity contribution < 1.29 is 33.8 Å². The standard InChI is InChI=1S/C17H28N2O7/c1-16(2,3)25-12(22)9-19-10(7-8-11(20)21)13(14(19)23)18-15(24)26-17(4,5)6/h10,13H,7-9H2,1-6H3,(H,18,24)(H,20,21). The highest BCUT2D eigenvalue weighted by Crippen LogP contribution is 2.25. The number of alkyl carbamates (subject to hydrolysis) is 1. The average Bonchev–Trinajstić information content (AvgIpc) is 2.40.